The molecule has 0 aliphatic carbocycles. The van der Waals surface area contributed by atoms with Crippen molar-refractivity contribution in [2.24, 2.45) is 17.8 Å². The minimum Gasteiger partial charge on any atom is -0.497 e. The van der Waals surface area contributed by atoms with E-state index in [1.54, 1.807) is 40.6 Å². The van der Waals surface area contributed by atoms with E-state index < -0.39 is 28.7 Å². The lowest BCUT2D eigenvalue weighted by molar-refractivity contribution is -0.144. The number of carbonyl (C=O) groups is 3. The van der Waals surface area contributed by atoms with Crippen LogP contribution in [0.25, 0.3) is 0 Å². The van der Waals surface area contributed by atoms with E-state index >= 15 is 0 Å². The Hall–Kier alpha value is -2.78. The molecule has 9 heteroatoms. The van der Waals surface area contributed by atoms with Crippen molar-refractivity contribution in [2.45, 2.75) is 42.3 Å². The van der Waals surface area contributed by atoms with Crippen molar-refractivity contribution >= 4 is 35.2 Å². The molecular weight excluding hydrogens is 490 g/mol. The molecule has 1 spiro atoms. The SMILES string of the molecule is COc1ccc(N2CC=C[C@]34S[C@H]5C=CCN(C)C(=O)[C@H]5[C@H]3C(=O)N([C@@H](CO)CC(C)C)C4C2=O)cc1. The highest BCUT2D eigenvalue weighted by Gasteiger charge is 2.71. The molecule has 1 N–H and O–H groups in total. The molecule has 8 nitrogen and oxygen atoms in total. The summed E-state index contributed by atoms with van der Waals surface area (Å²) in [6.45, 7) is 4.69. The van der Waals surface area contributed by atoms with Crippen molar-refractivity contribution in [2.75, 3.05) is 38.8 Å². The second-order valence-electron chi connectivity index (χ2n) is 10.7. The molecule has 5 rings (SSSR count). The molecule has 2 saturated heterocycles. The molecule has 0 saturated carbocycles. The zero-order valence-electron chi connectivity index (χ0n) is 21.7. The van der Waals surface area contributed by atoms with Gasteiger partial charge in [0.2, 0.25) is 11.8 Å². The highest BCUT2D eigenvalue weighted by Crippen LogP contribution is 2.61. The van der Waals surface area contributed by atoms with E-state index in [4.69, 9.17) is 4.74 Å². The number of anilines is 1. The predicted molar refractivity (Wildman–Crippen MR) is 143 cm³/mol. The molecule has 37 heavy (non-hydrogen) atoms. The summed E-state index contributed by atoms with van der Waals surface area (Å²) < 4.78 is 4.39. The summed E-state index contributed by atoms with van der Waals surface area (Å²) in [5.74, 6) is -0.809. The molecule has 0 aromatic heterocycles. The smallest absolute Gasteiger partial charge is 0.251 e. The van der Waals surface area contributed by atoms with Crippen LogP contribution in [0.5, 0.6) is 5.75 Å². The number of thioether (sulfide) groups is 1. The number of benzene rings is 1. The number of likely N-dealkylation sites (N-methyl/N-ethyl adjacent to an activating group) is 1. The number of nitrogens with zero attached hydrogens (tertiary/aromatic N) is 3. The lowest BCUT2D eigenvalue weighted by atomic mass is 9.78. The van der Waals surface area contributed by atoms with Crippen molar-refractivity contribution in [1.82, 2.24) is 9.80 Å². The van der Waals surface area contributed by atoms with Crippen LogP contribution in [0.3, 0.4) is 0 Å². The zero-order valence-corrected chi connectivity index (χ0v) is 22.6. The van der Waals surface area contributed by atoms with Crippen molar-refractivity contribution in [3.05, 3.63) is 48.6 Å². The van der Waals surface area contributed by atoms with Gasteiger partial charge in [-0.1, -0.05) is 38.2 Å². The fourth-order valence-electron chi connectivity index (χ4n) is 6.41. The van der Waals surface area contributed by atoms with Gasteiger partial charge in [-0.05, 0) is 36.6 Å². The molecule has 2 fully saturated rings. The van der Waals surface area contributed by atoms with Gasteiger partial charge in [0.25, 0.3) is 5.91 Å². The molecule has 1 aromatic rings. The van der Waals surface area contributed by atoms with Gasteiger partial charge in [0, 0.05) is 31.1 Å². The largest absolute Gasteiger partial charge is 0.497 e. The second-order valence-corrected chi connectivity index (χ2v) is 12.2. The van der Waals surface area contributed by atoms with E-state index in [-0.39, 0.29) is 35.5 Å². The highest BCUT2D eigenvalue weighted by atomic mass is 32.2. The van der Waals surface area contributed by atoms with Gasteiger partial charge in [0.15, 0.2) is 0 Å². The lowest BCUT2D eigenvalue weighted by Crippen LogP contribution is -2.57. The minimum absolute atomic E-state index is 0.0696. The Labute approximate surface area is 222 Å². The number of carbonyl (C=O) groups excluding carboxylic acids is 3. The summed E-state index contributed by atoms with van der Waals surface area (Å²) in [6, 6.07) is 5.96. The van der Waals surface area contributed by atoms with Gasteiger partial charge < -0.3 is 24.5 Å². The number of amides is 3. The van der Waals surface area contributed by atoms with E-state index in [1.807, 2.05) is 62.4 Å². The van der Waals surface area contributed by atoms with Crippen LogP contribution in [0.15, 0.2) is 48.6 Å². The Bertz CT molecular complexity index is 1140. The van der Waals surface area contributed by atoms with Gasteiger partial charge in [0.05, 0.1) is 36.3 Å². The van der Waals surface area contributed by atoms with Gasteiger partial charge in [-0.3, -0.25) is 14.4 Å². The number of likely N-dealkylation sites (tertiary alicyclic amines) is 1. The third-order valence-corrected chi connectivity index (χ3v) is 9.77. The van der Waals surface area contributed by atoms with Crippen LogP contribution in [0, 0.1) is 17.8 Å². The van der Waals surface area contributed by atoms with Crippen molar-refractivity contribution < 1.29 is 24.2 Å². The topological polar surface area (TPSA) is 90.4 Å². The maximum atomic E-state index is 14.5. The van der Waals surface area contributed by atoms with E-state index in [0.29, 0.717) is 30.9 Å². The molecule has 198 valence electrons. The van der Waals surface area contributed by atoms with Crippen LogP contribution in [-0.2, 0) is 14.4 Å². The first kappa shape index (κ1) is 25.9. The number of aliphatic hydroxyl groups excluding tert-OH is 1. The van der Waals surface area contributed by atoms with Crippen molar-refractivity contribution in [3.63, 3.8) is 0 Å². The number of aliphatic hydroxyl groups is 1. The third kappa shape index (κ3) is 4.07. The minimum atomic E-state index is -0.896. The molecule has 3 amide bonds. The molecule has 1 aromatic carbocycles. The summed E-state index contributed by atoms with van der Waals surface area (Å²) in [5, 5.41) is 10.2. The van der Waals surface area contributed by atoms with Crippen LogP contribution in [0.4, 0.5) is 5.69 Å². The molecule has 0 bridgehead atoms. The van der Waals surface area contributed by atoms with E-state index in [1.165, 1.54) is 0 Å². The molecule has 1 unspecified atom stereocenters. The number of methoxy groups -OCH3 is 1. The van der Waals surface area contributed by atoms with Gasteiger partial charge >= 0.3 is 0 Å². The standard InChI is InChI=1S/C28H35N3O5S/c1-17(2)15-19(16-32)31-24-27(35)30(18-8-10-20(36-4)11-9-18)14-6-12-28(24)23(26(31)34)22-21(37-28)7-5-13-29(3)25(22)33/h5-12,17,19,21-24,32H,13-16H2,1-4H3/t19-,21+,22-,23+,24?,28+/m1/s1. The van der Waals surface area contributed by atoms with Crippen LogP contribution in [0.2, 0.25) is 0 Å². The van der Waals surface area contributed by atoms with Crippen LogP contribution >= 0.6 is 11.8 Å². The summed E-state index contributed by atoms with van der Waals surface area (Å²) in [7, 11) is 3.35. The van der Waals surface area contributed by atoms with Gasteiger partial charge in [0.1, 0.15) is 11.8 Å². The molecule has 4 aliphatic heterocycles. The number of rotatable bonds is 6. The van der Waals surface area contributed by atoms with Crippen LogP contribution in [0.1, 0.15) is 20.3 Å². The average molecular weight is 526 g/mol. The van der Waals surface area contributed by atoms with Crippen LogP contribution in [-0.4, -0.2) is 88.6 Å². The van der Waals surface area contributed by atoms with Crippen LogP contribution < -0.4 is 9.64 Å². The van der Waals surface area contributed by atoms with E-state index in [2.05, 4.69) is 0 Å². The van der Waals surface area contributed by atoms with Gasteiger partial charge in [-0.2, -0.15) is 0 Å². The Morgan fingerprint density at radius 1 is 1.08 bits per heavy atom. The molecule has 0 radical (unpaired) electrons. The first-order chi connectivity index (χ1) is 17.7. The summed E-state index contributed by atoms with van der Waals surface area (Å²) in [5.41, 5.74) is 0.709. The normalized spacial score (nSPS) is 31.8. The molecular formula is C28H35N3O5S. The number of ether oxygens (including phenoxy) is 1. The number of hydrogen-bond acceptors (Lipinski definition) is 6. The second kappa shape index (κ2) is 9.83. The Morgan fingerprint density at radius 3 is 2.46 bits per heavy atom. The molecule has 4 aliphatic rings. The molecule has 4 heterocycles. The van der Waals surface area contributed by atoms with Crippen molar-refractivity contribution in [1.29, 1.82) is 0 Å². The Kier molecular flexibility index (Phi) is 6.87. The number of fused-ring (bicyclic) bond motifs is 2. The van der Waals surface area contributed by atoms with Gasteiger partial charge in [-0.25, -0.2) is 0 Å². The highest BCUT2D eigenvalue weighted by molar-refractivity contribution is 8.02. The first-order valence-corrected chi connectivity index (χ1v) is 13.8. The first-order valence-electron chi connectivity index (χ1n) is 12.9. The average Bonchev–Trinajstić information content (AvgIpc) is 3.21. The zero-order chi connectivity index (χ0) is 26.5. The Morgan fingerprint density at radius 2 is 1.81 bits per heavy atom. The maximum absolute atomic E-state index is 14.5. The van der Waals surface area contributed by atoms with E-state index in [0.717, 1.165) is 0 Å². The summed E-state index contributed by atoms with van der Waals surface area (Å²) in [6.07, 6.45) is 8.53. The van der Waals surface area contributed by atoms with Crippen molar-refractivity contribution in [3.8, 4) is 5.75 Å². The number of hydrogen-bond donors (Lipinski definition) is 1. The Balaban J connectivity index is 1.63. The third-order valence-electron chi connectivity index (χ3n) is 8.03. The predicted octanol–water partition coefficient (Wildman–Crippen LogP) is 2.33. The summed E-state index contributed by atoms with van der Waals surface area (Å²) in [4.78, 5) is 47.3. The summed E-state index contributed by atoms with van der Waals surface area (Å²) >= 11 is 1.56. The lowest BCUT2D eigenvalue weighted by Gasteiger charge is -2.39. The van der Waals surface area contributed by atoms with Gasteiger partial charge in [-0.15, -0.1) is 11.8 Å². The monoisotopic (exact) mass is 525 g/mol. The fourth-order valence-corrected chi connectivity index (χ4v) is 8.40. The quantitative estimate of drug-likeness (QED) is 0.574. The molecule has 6 atom stereocenters. The fraction of sp³-hybridized carbons (Fsp3) is 0.536. The van der Waals surface area contributed by atoms with E-state index in [9.17, 15) is 19.5 Å². The maximum Gasteiger partial charge on any atom is 0.251 e.